The molecule has 2 aromatic carbocycles. The quantitative estimate of drug-likeness (QED) is 0.702. The first-order valence-corrected chi connectivity index (χ1v) is 8.54. The van der Waals surface area contributed by atoms with E-state index < -0.39 is 5.82 Å². The average molecular weight is 376 g/mol. The maximum atomic E-state index is 13.7. The predicted molar refractivity (Wildman–Crippen MR) is 102 cm³/mol. The molecule has 146 valence electrons. The van der Waals surface area contributed by atoms with Crippen LogP contribution in [0, 0.1) is 5.82 Å². The second-order valence-corrected chi connectivity index (χ2v) is 6.07. The zero-order valence-corrected chi connectivity index (χ0v) is 16.0. The SMILES string of the molecule is COc1ccc(OC)c(NC(=O)CC(C)NCc2ccc(OC)c(F)c2)c1. The summed E-state index contributed by atoms with van der Waals surface area (Å²) in [6.45, 7) is 2.33. The number of carbonyl (C=O) groups excluding carboxylic acids is 1. The molecule has 1 unspecified atom stereocenters. The Kier molecular flexibility index (Phi) is 7.43. The number of hydrogen-bond donors (Lipinski definition) is 2. The maximum Gasteiger partial charge on any atom is 0.226 e. The van der Waals surface area contributed by atoms with Crippen molar-refractivity contribution in [3.63, 3.8) is 0 Å². The summed E-state index contributed by atoms with van der Waals surface area (Å²) in [4.78, 5) is 12.3. The van der Waals surface area contributed by atoms with Crippen LogP contribution in [0.3, 0.4) is 0 Å². The first-order chi connectivity index (χ1) is 13.0. The van der Waals surface area contributed by atoms with Crippen molar-refractivity contribution in [1.29, 1.82) is 0 Å². The molecule has 0 aliphatic heterocycles. The van der Waals surface area contributed by atoms with Crippen LogP contribution in [0.2, 0.25) is 0 Å². The molecule has 7 heteroatoms. The number of carbonyl (C=O) groups is 1. The molecule has 1 amide bonds. The summed E-state index contributed by atoms with van der Waals surface area (Å²) in [7, 11) is 4.52. The lowest BCUT2D eigenvalue weighted by Gasteiger charge is -2.16. The van der Waals surface area contributed by atoms with Gasteiger partial charge in [0, 0.05) is 25.1 Å². The molecular formula is C20H25FN2O4. The van der Waals surface area contributed by atoms with Gasteiger partial charge in [-0.25, -0.2) is 4.39 Å². The number of halogens is 1. The minimum Gasteiger partial charge on any atom is -0.497 e. The number of nitrogens with one attached hydrogen (secondary N) is 2. The van der Waals surface area contributed by atoms with Crippen molar-refractivity contribution in [1.82, 2.24) is 5.32 Å². The Balaban J connectivity index is 1.89. The van der Waals surface area contributed by atoms with E-state index in [9.17, 15) is 9.18 Å². The summed E-state index contributed by atoms with van der Waals surface area (Å²) < 4.78 is 29.1. The Labute approximate surface area is 158 Å². The second kappa shape index (κ2) is 9.78. The number of rotatable bonds is 9. The van der Waals surface area contributed by atoms with E-state index in [1.54, 1.807) is 37.4 Å². The van der Waals surface area contributed by atoms with E-state index in [-0.39, 0.29) is 24.1 Å². The van der Waals surface area contributed by atoms with Crippen molar-refractivity contribution in [3.05, 3.63) is 47.8 Å². The van der Waals surface area contributed by atoms with Crippen molar-refractivity contribution in [3.8, 4) is 17.2 Å². The van der Waals surface area contributed by atoms with Crippen LogP contribution >= 0.6 is 0 Å². The van der Waals surface area contributed by atoms with Crippen LogP contribution in [0.5, 0.6) is 17.2 Å². The molecule has 0 aliphatic carbocycles. The molecule has 0 heterocycles. The topological polar surface area (TPSA) is 68.8 Å². The minimum atomic E-state index is -0.410. The predicted octanol–water partition coefficient (Wildman–Crippen LogP) is 3.36. The monoisotopic (exact) mass is 376 g/mol. The summed E-state index contributed by atoms with van der Waals surface area (Å²) >= 11 is 0. The van der Waals surface area contributed by atoms with Gasteiger partial charge in [0.1, 0.15) is 11.5 Å². The van der Waals surface area contributed by atoms with E-state index in [1.807, 2.05) is 6.92 Å². The Morgan fingerprint density at radius 2 is 1.74 bits per heavy atom. The van der Waals surface area contributed by atoms with Crippen molar-refractivity contribution in [2.24, 2.45) is 0 Å². The van der Waals surface area contributed by atoms with Gasteiger partial charge in [0.25, 0.3) is 0 Å². The van der Waals surface area contributed by atoms with E-state index in [2.05, 4.69) is 10.6 Å². The van der Waals surface area contributed by atoms with Crippen LogP contribution in [0.1, 0.15) is 18.9 Å². The molecule has 0 fully saturated rings. The van der Waals surface area contributed by atoms with Gasteiger partial charge in [-0.05, 0) is 36.8 Å². The lowest BCUT2D eigenvalue weighted by Crippen LogP contribution is -2.30. The largest absolute Gasteiger partial charge is 0.497 e. The molecule has 0 radical (unpaired) electrons. The Hall–Kier alpha value is -2.80. The number of amides is 1. The molecule has 1 atom stereocenters. The zero-order chi connectivity index (χ0) is 19.8. The maximum absolute atomic E-state index is 13.7. The lowest BCUT2D eigenvalue weighted by atomic mass is 10.1. The van der Waals surface area contributed by atoms with Crippen molar-refractivity contribution in [2.75, 3.05) is 26.6 Å². The molecule has 0 aliphatic rings. The van der Waals surface area contributed by atoms with Crippen molar-refractivity contribution < 1.29 is 23.4 Å². The smallest absolute Gasteiger partial charge is 0.226 e. The van der Waals surface area contributed by atoms with E-state index in [4.69, 9.17) is 14.2 Å². The summed E-state index contributed by atoms with van der Waals surface area (Å²) in [6.07, 6.45) is 0.249. The third-order valence-electron chi connectivity index (χ3n) is 4.04. The normalized spacial score (nSPS) is 11.6. The lowest BCUT2D eigenvalue weighted by molar-refractivity contribution is -0.116. The standard InChI is InChI=1S/C20H25FN2O4/c1-13(22-12-14-5-7-18(26-3)16(21)10-14)9-20(24)23-17-11-15(25-2)6-8-19(17)27-4/h5-8,10-11,13,22H,9,12H2,1-4H3,(H,23,24). The van der Waals surface area contributed by atoms with Gasteiger partial charge in [0.2, 0.25) is 5.91 Å². The number of benzene rings is 2. The molecule has 0 aromatic heterocycles. The summed E-state index contributed by atoms with van der Waals surface area (Å²) in [6, 6.07) is 9.86. The summed E-state index contributed by atoms with van der Waals surface area (Å²) in [5.41, 5.74) is 1.32. The van der Waals surface area contributed by atoms with Gasteiger partial charge in [0.15, 0.2) is 11.6 Å². The fraction of sp³-hybridized carbons (Fsp3) is 0.350. The molecule has 0 saturated carbocycles. The van der Waals surface area contributed by atoms with E-state index in [0.29, 0.717) is 23.7 Å². The highest BCUT2D eigenvalue weighted by Gasteiger charge is 2.13. The van der Waals surface area contributed by atoms with Gasteiger partial charge in [0.05, 0.1) is 27.0 Å². The number of methoxy groups -OCH3 is 3. The summed E-state index contributed by atoms with van der Waals surface area (Å²) in [5.74, 6) is 0.811. The van der Waals surface area contributed by atoms with E-state index >= 15 is 0 Å². The molecule has 0 spiro atoms. The van der Waals surface area contributed by atoms with Gasteiger partial charge in [-0.15, -0.1) is 0 Å². The van der Waals surface area contributed by atoms with Crippen LogP contribution in [-0.4, -0.2) is 33.3 Å². The van der Waals surface area contributed by atoms with Crippen molar-refractivity contribution >= 4 is 11.6 Å². The first kappa shape index (κ1) is 20.5. The van der Waals surface area contributed by atoms with Crippen LogP contribution in [-0.2, 0) is 11.3 Å². The van der Waals surface area contributed by atoms with Crippen LogP contribution in [0.4, 0.5) is 10.1 Å². The van der Waals surface area contributed by atoms with Crippen molar-refractivity contribution in [2.45, 2.75) is 25.9 Å². The number of hydrogen-bond acceptors (Lipinski definition) is 5. The van der Waals surface area contributed by atoms with Gasteiger partial charge < -0.3 is 24.8 Å². The molecule has 6 nitrogen and oxygen atoms in total. The Morgan fingerprint density at radius 1 is 1.04 bits per heavy atom. The van der Waals surface area contributed by atoms with Gasteiger partial charge in [-0.1, -0.05) is 6.07 Å². The fourth-order valence-electron chi connectivity index (χ4n) is 2.58. The number of anilines is 1. The molecule has 0 saturated heterocycles. The fourth-order valence-corrected chi connectivity index (χ4v) is 2.58. The molecule has 27 heavy (non-hydrogen) atoms. The average Bonchev–Trinajstić information content (AvgIpc) is 2.66. The molecular weight excluding hydrogens is 351 g/mol. The Morgan fingerprint density at radius 3 is 2.37 bits per heavy atom. The third-order valence-corrected chi connectivity index (χ3v) is 4.04. The highest BCUT2D eigenvalue weighted by molar-refractivity contribution is 5.92. The molecule has 2 N–H and O–H groups in total. The summed E-state index contributed by atoms with van der Waals surface area (Å²) in [5, 5.41) is 6.04. The first-order valence-electron chi connectivity index (χ1n) is 8.54. The molecule has 2 rings (SSSR count). The van der Waals surface area contributed by atoms with Crippen LogP contribution in [0.15, 0.2) is 36.4 Å². The van der Waals surface area contributed by atoms with Crippen LogP contribution in [0.25, 0.3) is 0 Å². The van der Waals surface area contributed by atoms with E-state index in [0.717, 1.165) is 5.56 Å². The van der Waals surface area contributed by atoms with Gasteiger partial charge >= 0.3 is 0 Å². The highest BCUT2D eigenvalue weighted by atomic mass is 19.1. The third kappa shape index (κ3) is 5.86. The zero-order valence-electron chi connectivity index (χ0n) is 16.0. The van der Waals surface area contributed by atoms with Gasteiger partial charge in [-0.2, -0.15) is 0 Å². The molecule has 0 bridgehead atoms. The highest BCUT2D eigenvalue weighted by Crippen LogP contribution is 2.29. The minimum absolute atomic E-state index is 0.105. The Bertz CT molecular complexity index is 783. The van der Waals surface area contributed by atoms with E-state index in [1.165, 1.54) is 20.3 Å². The molecule has 2 aromatic rings. The number of ether oxygens (including phenoxy) is 3. The van der Waals surface area contributed by atoms with Gasteiger partial charge in [-0.3, -0.25) is 4.79 Å². The second-order valence-electron chi connectivity index (χ2n) is 6.07. The van der Waals surface area contributed by atoms with Crippen LogP contribution < -0.4 is 24.8 Å².